The molecule has 1 saturated heterocycles. The molecule has 5 rings (SSSR count). The summed E-state index contributed by atoms with van der Waals surface area (Å²) in [5, 5.41) is 3.00. The van der Waals surface area contributed by atoms with Gasteiger partial charge in [-0.25, -0.2) is 9.98 Å². The van der Waals surface area contributed by atoms with Crippen LogP contribution in [0.3, 0.4) is 0 Å². The maximum absolute atomic E-state index is 13.1. The van der Waals surface area contributed by atoms with Gasteiger partial charge in [0.25, 0.3) is 5.91 Å². The van der Waals surface area contributed by atoms with Crippen molar-refractivity contribution in [1.82, 2.24) is 15.3 Å². The molecule has 34 heavy (non-hydrogen) atoms. The molecule has 0 radical (unpaired) electrons. The van der Waals surface area contributed by atoms with Crippen LogP contribution in [0.15, 0.2) is 47.6 Å². The minimum atomic E-state index is -0.209. The number of amidine groups is 1. The molecule has 2 aliphatic rings. The first-order chi connectivity index (χ1) is 16.5. The van der Waals surface area contributed by atoms with Crippen LogP contribution in [0.1, 0.15) is 27.3 Å². The number of anilines is 1. The molecule has 3 aromatic rings. The average molecular weight is 458 g/mol. The molecule has 174 valence electrons. The summed E-state index contributed by atoms with van der Waals surface area (Å²) in [6.45, 7) is 6.80. The maximum atomic E-state index is 13.1. The Kier molecular flexibility index (Phi) is 5.98. The Labute approximate surface area is 198 Å². The number of hydrogen-bond donors (Lipinski definition) is 1. The van der Waals surface area contributed by atoms with E-state index in [0.29, 0.717) is 31.0 Å². The first-order valence-corrected chi connectivity index (χ1v) is 11.3. The van der Waals surface area contributed by atoms with E-state index in [4.69, 9.17) is 14.5 Å². The van der Waals surface area contributed by atoms with Crippen molar-refractivity contribution in [2.75, 3.05) is 38.3 Å². The lowest BCUT2D eigenvalue weighted by Gasteiger charge is -2.27. The number of aromatic nitrogens is 2. The number of aliphatic imine (C=N–C) groups is 1. The number of pyridine rings is 2. The van der Waals surface area contributed by atoms with Crippen molar-refractivity contribution in [3.63, 3.8) is 0 Å². The van der Waals surface area contributed by atoms with Crippen molar-refractivity contribution in [2.24, 2.45) is 4.99 Å². The Morgan fingerprint density at radius 1 is 1.09 bits per heavy atom. The third kappa shape index (κ3) is 4.36. The molecule has 0 bridgehead atoms. The summed E-state index contributed by atoms with van der Waals surface area (Å²) in [4.78, 5) is 28.9. The molecule has 0 saturated carbocycles. The second-order valence-electron chi connectivity index (χ2n) is 8.47. The van der Waals surface area contributed by atoms with Crippen LogP contribution in [0.25, 0.3) is 11.1 Å². The van der Waals surface area contributed by atoms with Crippen LogP contribution in [0, 0.1) is 13.8 Å². The van der Waals surface area contributed by atoms with Crippen molar-refractivity contribution in [3.05, 3.63) is 65.1 Å². The number of carbonyl (C=O) groups excluding carboxylic acids is 1. The van der Waals surface area contributed by atoms with Gasteiger partial charge in [0.15, 0.2) is 0 Å². The van der Waals surface area contributed by atoms with Crippen LogP contribution < -0.4 is 15.0 Å². The molecule has 2 aromatic heterocycles. The molecule has 4 heterocycles. The second kappa shape index (κ2) is 9.23. The summed E-state index contributed by atoms with van der Waals surface area (Å²) in [5.74, 6) is 1.92. The molecular weight excluding hydrogens is 430 g/mol. The Morgan fingerprint density at radius 3 is 2.59 bits per heavy atom. The largest absolute Gasteiger partial charge is 0.496 e. The third-order valence-corrected chi connectivity index (χ3v) is 6.04. The number of ether oxygens (including phenoxy) is 2. The minimum absolute atomic E-state index is 0.209. The number of aryl methyl sites for hydroxylation is 2. The molecule has 1 N–H and O–H groups in total. The normalized spacial score (nSPS) is 15.0. The summed E-state index contributed by atoms with van der Waals surface area (Å²) < 4.78 is 11.0. The maximum Gasteiger partial charge on any atom is 0.256 e. The fourth-order valence-corrected chi connectivity index (χ4v) is 4.47. The highest BCUT2D eigenvalue weighted by molar-refractivity contribution is 6.10. The van der Waals surface area contributed by atoms with Crippen LogP contribution in [0.2, 0.25) is 0 Å². The fraction of sp³-hybridized carbons (Fsp3) is 0.308. The average Bonchev–Trinajstić information content (AvgIpc) is 3.27. The molecule has 8 heteroatoms. The SMILES string of the molecule is COc1ccc(-c2cc(C)nc(C)c2)c2c1CC(NC(=O)c1ccnc(N3CCOCC3)c1)=N2. The van der Waals surface area contributed by atoms with E-state index < -0.39 is 0 Å². The molecule has 1 fully saturated rings. The number of nitrogens with zero attached hydrogens (tertiary/aromatic N) is 4. The van der Waals surface area contributed by atoms with E-state index in [9.17, 15) is 4.79 Å². The zero-order valence-electron chi connectivity index (χ0n) is 19.6. The highest BCUT2D eigenvalue weighted by Crippen LogP contribution is 2.42. The number of fused-ring (bicyclic) bond motifs is 1. The molecule has 1 aromatic carbocycles. The van der Waals surface area contributed by atoms with Gasteiger partial charge >= 0.3 is 0 Å². The number of nitrogens with one attached hydrogen (secondary N) is 1. The van der Waals surface area contributed by atoms with Crippen molar-refractivity contribution >= 4 is 23.2 Å². The van der Waals surface area contributed by atoms with Gasteiger partial charge in [0, 0.05) is 53.8 Å². The number of carbonyl (C=O) groups is 1. The van der Waals surface area contributed by atoms with Gasteiger partial charge in [-0.1, -0.05) is 0 Å². The van der Waals surface area contributed by atoms with Crippen LogP contribution in [0.4, 0.5) is 11.5 Å². The number of amides is 1. The van der Waals surface area contributed by atoms with E-state index in [0.717, 1.165) is 58.4 Å². The van der Waals surface area contributed by atoms with Gasteiger partial charge in [-0.05, 0) is 55.8 Å². The Balaban J connectivity index is 1.42. The van der Waals surface area contributed by atoms with Gasteiger partial charge in [0.2, 0.25) is 0 Å². The smallest absolute Gasteiger partial charge is 0.256 e. The van der Waals surface area contributed by atoms with E-state index in [1.807, 2.05) is 44.2 Å². The lowest BCUT2D eigenvalue weighted by molar-refractivity contribution is 0.0976. The fourth-order valence-electron chi connectivity index (χ4n) is 4.47. The molecule has 2 aliphatic heterocycles. The number of morpholine rings is 1. The van der Waals surface area contributed by atoms with Gasteiger partial charge < -0.3 is 19.7 Å². The van der Waals surface area contributed by atoms with Crippen molar-refractivity contribution < 1.29 is 14.3 Å². The van der Waals surface area contributed by atoms with E-state index in [-0.39, 0.29) is 5.91 Å². The first-order valence-electron chi connectivity index (χ1n) is 11.3. The Bertz CT molecular complexity index is 1260. The molecule has 0 aliphatic carbocycles. The topological polar surface area (TPSA) is 88.9 Å². The van der Waals surface area contributed by atoms with Gasteiger partial charge in [0.1, 0.15) is 17.4 Å². The Morgan fingerprint density at radius 2 is 1.85 bits per heavy atom. The van der Waals surface area contributed by atoms with Crippen LogP contribution >= 0.6 is 0 Å². The van der Waals surface area contributed by atoms with Crippen LogP contribution in [-0.2, 0) is 11.2 Å². The lowest BCUT2D eigenvalue weighted by atomic mass is 9.99. The van der Waals surface area contributed by atoms with Crippen molar-refractivity contribution in [1.29, 1.82) is 0 Å². The third-order valence-electron chi connectivity index (χ3n) is 6.04. The zero-order chi connectivity index (χ0) is 23.7. The van der Waals surface area contributed by atoms with Crippen LogP contribution in [0.5, 0.6) is 5.75 Å². The first kappa shape index (κ1) is 22.0. The van der Waals surface area contributed by atoms with Crippen LogP contribution in [-0.4, -0.2) is 55.1 Å². The summed E-state index contributed by atoms with van der Waals surface area (Å²) in [6.07, 6.45) is 2.16. The van der Waals surface area contributed by atoms with Crippen molar-refractivity contribution in [2.45, 2.75) is 20.3 Å². The molecule has 8 nitrogen and oxygen atoms in total. The predicted molar refractivity (Wildman–Crippen MR) is 131 cm³/mol. The second-order valence-corrected chi connectivity index (χ2v) is 8.47. The summed E-state index contributed by atoms with van der Waals surface area (Å²) in [6, 6.07) is 11.6. The zero-order valence-corrected chi connectivity index (χ0v) is 19.6. The minimum Gasteiger partial charge on any atom is -0.496 e. The molecule has 0 atom stereocenters. The highest BCUT2D eigenvalue weighted by atomic mass is 16.5. The highest BCUT2D eigenvalue weighted by Gasteiger charge is 2.25. The predicted octanol–water partition coefficient (Wildman–Crippen LogP) is 3.62. The van der Waals surface area contributed by atoms with E-state index in [1.54, 1.807) is 19.4 Å². The summed E-state index contributed by atoms with van der Waals surface area (Å²) in [7, 11) is 1.65. The van der Waals surface area contributed by atoms with E-state index in [1.165, 1.54) is 0 Å². The molecule has 0 spiro atoms. The lowest BCUT2D eigenvalue weighted by Crippen LogP contribution is -2.37. The number of methoxy groups -OCH3 is 1. The molecular formula is C26H27N5O3. The molecule has 0 unspecified atom stereocenters. The summed E-state index contributed by atoms with van der Waals surface area (Å²) >= 11 is 0. The van der Waals surface area contributed by atoms with Gasteiger partial charge in [-0.15, -0.1) is 0 Å². The standard InChI is InChI=1S/C26H27N5O3/c1-16-12-19(13-17(2)28-16)20-4-5-22(33-3)21-15-23(29-25(20)21)30-26(32)18-6-7-27-24(14-18)31-8-10-34-11-9-31/h4-7,12-14H,8-11,15H2,1-3H3,(H,29,30,32). The van der Waals surface area contributed by atoms with Gasteiger partial charge in [-0.3, -0.25) is 9.78 Å². The Hall–Kier alpha value is -3.78. The number of benzene rings is 1. The molecule has 1 amide bonds. The number of hydrogen-bond acceptors (Lipinski definition) is 7. The van der Waals surface area contributed by atoms with Crippen molar-refractivity contribution in [3.8, 4) is 16.9 Å². The van der Waals surface area contributed by atoms with E-state index in [2.05, 4.69) is 20.2 Å². The number of rotatable bonds is 4. The summed E-state index contributed by atoms with van der Waals surface area (Å²) in [5.41, 5.74) is 6.27. The van der Waals surface area contributed by atoms with Gasteiger partial charge in [-0.2, -0.15) is 0 Å². The quantitative estimate of drug-likeness (QED) is 0.644. The monoisotopic (exact) mass is 457 g/mol. The van der Waals surface area contributed by atoms with E-state index >= 15 is 0 Å². The van der Waals surface area contributed by atoms with Gasteiger partial charge in [0.05, 0.1) is 26.0 Å².